The van der Waals surface area contributed by atoms with Crippen LogP contribution in [0.15, 0.2) is 48.5 Å². The monoisotopic (exact) mass is 537 g/mol. The summed E-state index contributed by atoms with van der Waals surface area (Å²) >= 11 is 6.02. The summed E-state index contributed by atoms with van der Waals surface area (Å²) in [6, 6.07) is 12.8. The van der Waals surface area contributed by atoms with Crippen LogP contribution in [0.3, 0.4) is 0 Å². The number of benzene rings is 2. The molecular formula is C26H36ClN3O5S. The number of nitrogens with one attached hydrogen (secondary N) is 1. The van der Waals surface area contributed by atoms with E-state index in [2.05, 4.69) is 5.32 Å². The van der Waals surface area contributed by atoms with Crippen molar-refractivity contribution in [2.24, 2.45) is 0 Å². The van der Waals surface area contributed by atoms with Gasteiger partial charge >= 0.3 is 0 Å². The molecular weight excluding hydrogens is 502 g/mol. The predicted octanol–water partition coefficient (Wildman–Crippen LogP) is 4.23. The largest absolute Gasteiger partial charge is 0.492 e. The van der Waals surface area contributed by atoms with Crippen molar-refractivity contribution in [3.63, 3.8) is 0 Å². The lowest BCUT2D eigenvalue weighted by molar-refractivity contribution is -0.140. The maximum atomic E-state index is 13.7. The minimum absolute atomic E-state index is 0.0652. The van der Waals surface area contributed by atoms with E-state index in [1.165, 1.54) is 4.90 Å². The summed E-state index contributed by atoms with van der Waals surface area (Å²) < 4.78 is 32.3. The van der Waals surface area contributed by atoms with E-state index in [1.807, 2.05) is 20.8 Å². The van der Waals surface area contributed by atoms with Crippen LogP contribution in [0.25, 0.3) is 0 Å². The van der Waals surface area contributed by atoms with E-state index in [9.17, 15) is 18.0 Å². The highest BCUT2D eigenvalue weighted by Crippen LogP contribution is 2.30. The van der Waals surface area contributed by atoms with Crippen molar-refractivity contribution in [2.45, 2.75) is 59.2 Å². The Labute approximate surface area is 219 Å². The number of carbonyl (C=O) groups excluding carboxylic acids is 2. The topological polar surface area (TPSA) is 96.0 Å². The van der Waals surface area contributed by atoms with Crippen molar-refractivity contribution in [3.8, 4) is 5.75 Å². The van der Waals surface area contributed by atoms with Gasteiger partial charge in [-0.3, -0.25) is 13.9 Å². The van der Waals surface area contributed by atoms with E-state index >= 15 is 0 Å². The zero-order chi connectivity index (χ0) is 26.9. The molecule has 0 fully saturated rings. The van der Waals surface area contributed by atoms with Gasteiger partial charge in [-0.1, -0.05) is 49.7 Å². The SMILES string of the molecule is CCOc1ccccc1N(CC(=O)N(Cc1ccc(Cl)cc1)[C@@H](CC)C(=O)N[C@H](C)CC)S(C)(=O)=O. The lowest BCUT2D eigenvalue weighted by atomic mass is 10.1. The van der Waals surface area contributed by atoms with Gasteiger partial charge in [0.2, 0.25) is 21.8 Å². The molecule has 0 saturated heterocycles. The quantitative estimate of drug-likeness (QED) is 0.412. The summed E-state index contributed by atoms with van der Waals surface area (Å²) in [4.78, 5) is 28.3. The average Bonchev–Trinajstić information content (AvgIpc) is 2.83. The number of hydrogen-bond donors (Lipinski definition) is 1. The molecule has 0 aliphatic carbocycles. The standard InChI is InChI=1S/C26H36ClN3O5S/c1-6-19(4)28-26(32)22(7-2)29(17-20-13-15-21(27)16-14-20)25(31)18-30(36(5,33)34)23-11-9-10-12-24(23)35-8-3/h9-16,19,22H,6-8,17-18H2,1-5H3,(H,28,32)/t19-,22+/m1/s1. The van der Waals surface area contributed by atoms with Gasteiger partial charge in [-0.15, -0.1) is 0 Å². The number of carbonyl (C=O) groups is 2. The first kappa shape index (κ1) is 29.5. The minimum atomic E-state index is -3.85. The fourth-order valence-corrected chi connectivity index (χ4v) is 4.66. The Hall–Kier alpha value is -2.78. The van der Waals surface area contributed by atoms with Crippen molar-refractivity contribution < 1.29 is 22.7 Å². The molecule has 0 heterocycles. The molecule has 0 radical (unpaired) electrons. The van der Waals surface area contributed by atoms with Crippen molar-refractivity contribution in [1.29, 1.82) is 0 Å². The Kier molecular flexibility index (Phi) is 11.0. The van der Waals surface area contributed by atoms with Crippen LogP contribution in [0.2, 0.25) is 5.02 Å². The highest BCUT2D eigenvalue weighted by atomic mass is 35.5. The molecule has 0 spiro atoms. The summed E-state index contributed by atoms with van der Waals surface area (Å²) in [6.45, 7) is 7.44. The Morgan fingerprint density at radius 3 is 2.22 bits per heavy atom. The number of ether oxygens (including phenoxy) is 1. The smallest absolute Gasteiger partial charge is 0.244 e. The summed E-state index contributed by atoms with van der Waals surface area (Å²) in [6.07, 6.45) is 2.14. The van der Waals surface area contributed by atoms with Crippen LogP contribution in [0, 0.1) is 0 Å². The lowest BCUT2D eigenvalue weighted by Crippen LogP contribution is -2.53. The molecule has 1 N–H and O–H groups in total. The third-order valence-electron chi connectivity index (χ3n) is 5.77. The summed E-state index contributed by atoms with van der Waals surface area (Å²) in [5.74, 6) is -0.438. The predicted molar refractivity (Wildman–Crippen MR) is 144 cm³/mol. The molecule has 0 saturated carbocycles. The van der Waals surface area contributed by atoms with Gasteiger partial charge in [0.25, 0.3) is 0 Å². The number of anilines is 1. The van der Waals surface area contributed by atoms with E-state index in [4.69, 9.17) is 16.3 Å². The number of rotatable bonds is 13. The Morgan fingerprint density at radius 2 is 1.67 bits per heavy atom. The van der Waals surface area contributed by atoms with Crippen LogP contribution in [0.4, 0.5) is 5.69 Å². The number of hydrogen-bond acceptors (Lipinski definition) is 5. The zero-order valence-corrected chi connectivity index (χ0v) is 23.1. The van der Waals surface area contributed by atoms with E-state index in [0.29, 0.717) is 23.8 Å². The van der Waals surface area contributed by atoms with Gasteiger partial charge < -0.3 is 15.0 Å². The zero-order valence-electron chi connectivity index (χ0n) is 21.5. The molecule has 2 aromatic carbocycles. The van der Waals surface area contributed by atoms with Crippen LogP contribution in [-0.2, 0) is 26.2 Å². The molecule has 0 aromatic heterocycles. The normalized spacial score (nSPS) is 12.9. The van der Waals surface area contributed by atoms with Crippen LogP contribution in [0.1, 0.15) is 46.1 Å². The first-order valence-electron chi connectivity index (χ1n) is 12.1. The second-order valence-electron chi connectivity index (χ2n) is 8.56. The molecule has 0 bridgehead atoms. The van der Waals surface area contributed by atoms with Crippen LogP contribution < -0.4 is 14.4 Å². The van der Waals surface area contributed by atoms with Crippen molar-refractivity contribution in [3.05, 3.63) is 59.1 Å². The maximum absolute atomic E-state index is 13.7. The van der Waals surface area contributed by atoms with Gasteiger partial charge in [0.15, 0.2) is 0 Å². The maximum Gasteiger partial charge on any atom is 0.244 e. The van der Waals surface area contributed by atoms with E-state index in [-0.39, 0.29) is 24.2 Å². The fourth-order valence-electron chi connectivity index (χ4n) is 3.68. The highest BCUT2D eigenvalue weighted by Gasteiger charge is 2.32. The summed E-state index contributed by atoms with van der Waals surface area (Å²) in [7, 11) is -3.85. The molecule has 8 nitrogen and oxygen atoms in total. The summed E-state index contributed by atoms with van der Waals surface area (Å²) in [5.41, 5.74) is 1.03. The highest BCUT2D eigenvalue weighted by molar-refractivity contribution is 7.92. The number of nitrogens with zero attached hydrogens (tertiary/aromatic N) is 2. The van der Waals surface area contributed by atoms with Crippen molar-refractivity contribution in [1.82, 2.24) is 10.2 Å². The molecule has 0 aliphatic rings. The summed E-state index contributed by atoms with van der Waals surface area (Å²) in [5, 5.41) is 3.50. The van der Waals surface area contributed by atoms with E-state index in [0.717, 1.165) is 22.5 Å². The van der Waals surface area contributed by atoms with E-state index in [1.54, 1.807) is 55.5 Å². The van der Waals surface area contributed by atoms with Crippen LogP contribution in [-0.4, -0.2) is 56.6 Å². The van der Waals surface area contributed by atoms with Gasteiger partial charge in [0.05, 0.1) is 18.6 Å². The number of sulfonamides is 1. The van der Waals surface area contributed by atoms with Gasteiger partial charge in [0, 0.05) is 17.6 Å². The molecule has 198 valence electrons. The molecule has 2 aromatic rings. The van der Waals surface area contributed by atoms with Crippen molar-refractivity contribution >= 4 is 39.1 Å². The van der Waals surface area contributed by atoms with Gasteiger partial charge in [-0.2, -0.15) is 0 Å². The average molecular weight is 538 g/mol. The van der Waals surface area contributed by atoms with Crippen LogP contribution in [0.5, 0.6) is 5.75 Å². The van der Waals surface area contributed by atoms with Crippen molar-refractivity contribution in [2.75, 3.05) is 23.7 Å². The molecule has 0 aliphatic heterocycles. The minimum Gasteiger partial charge on any atom is -0.492 e. The molecule has 10 heteroatoms. The number of halogens is 1. The third kappa shape index (κ3) is 8.13. The first-order chi connectivity index (χ1) is 17.0. The molecule has 2 atom stereocenters. The molecule has 2 rings (SSSR count). The Bertz CT molecular complexity index is 1120. The molecule has 36 heavy (non-hydrogen) atoms. The lowest BCUT2D eigenvalue weighted by Gasteiger charge is -2.33. The Morgan fingerprint density at radius 1 is 1.03 bits per heavy atom. The molecule has 2 amide bonds. The third-order valence-corrected chi connectivity index (χ3v) is 7.14. The number of para-hydroxylation sites is 2. The molecule has 0 unspecified atom stereocenters. The van der Waals surface area contributed by atoms with E-state index < -0.39 is 28.5 Å². The van der Waals surface area contributed by atoms with Gasteiger partial charge in [-0.05, 0) is 56.5 Å². The first-order valence-corrected chi connectivity index (χ1v) is 14.3. The second-order valence-corrected chi connectivity index (χ2v) is 10.9. The fraction of sp³-hybridized carbons (Fsp3) is 0.462. The Balaban J connectivity index is 2.47. The van der Waals surface area contributed by atoms with Gasteiger partial charge in [0.1, 0.15) is 18.3 Å². The van der Waals surface area contributed by atoms with Crippen LogP contribution >= 0.6 is 11.6 Å². The number of amides is 2. The van der Waals surface area contributed by atoms with Gasteiger partial charge in [-0.25, -0.2) is 8.42 Å². The second kappa shape index (κ2) is 13.5.